The highest BCUT2D eigenvalue weighted by Gasteiger charge is 2.23. The highest BCUT2D eigenvalue weighted by Crippen LogP contribution is 2.15. The van der Waals surface area contributed by atoms with E-state index in [4.69, 9.17) is 10.5 Å². The monoisotopic (exact) mass is 296 g/mol. The summed E-state index contributed by atoms with van der Waals surface area (Å²) < 4.78 is 32.4. The van der Waals surface area contributed by atoms with Gasteiger partial charge in [-0.3, -0.25) is 0 Å². The molecule has 0 aromatic heterocycles. The zero-order chi connectivity index (χ0) is 15.2. The van der Waals surface area contributed by atoms with Gasteiger partial charge in [-0.1, -0.05) is 24.0 Å². The fourth-order valence-electron chi connectivity index (χ4n) is 1.37. The van der Waals surface area contributed by atoms with E-state index in [9.17, 15) is 8.42 Å². The molecule has 0 bridgehead atoms. The van der Waals surface area contributed by atoms with Crippen molar-refractivity contribution >= 4 is 10.0 Å². The highest BCUT2D eigenvalue weighted by molar-refractivity contribution is 7.89. The van der Waals surface area contributed by atoms with Crippen LogP contribution in [0.5, 0.6) is 0 Å². The number of rotatable bonds is 5. The van der Waals surface area contributed by atoms with Crippen LogP contribution >= 0.6 is 0 Å². The average molecular weight is 296 g/mol. The molecular weight excluding hydrogens is 276 g/mol. The molecule has 5 nitrogen and oxygen atoms in total. The minimum Gasteiger partial charge on any atom is -0.377 e. The molecule has 0 amide bonds. The van der Waals surface area contributed by atoms with E-state index in [2.05, 4.69) is 16.6 Å². The second-order valence-electron chi connectivity index (χ2n) is 4.79. The fraction of sp³-hybridized carbons (Fsp3) is 0.429. The third-order valence-electron chi connectivity index (χ3n) is 2.74. The molecule has 0 unspecified atom stereocenters. The van der Waals surface area contributed by atoms with Gasteiger partial charge in [0.2, 0.25) is 10.0 Å². The van der Waals surface area contributed by atoms with E-state index < -0.39 is 15.6 Å². The van der Waals surface area contributed by atoms with Gasteiger partial charge >= 0.3 is 0 Å². The Hall–Kier alpha value is -1.39. The van der Waals surface area contributed by atoms with Crippen LogP contribution in [-0.4, -0.2) is 34.2 Å². The van der Waals surface area contributed by atoms with Crippen molar-refractivity contribution in [2.75, 3.05) is 20.2 Å². The van der Waals surface area contributed by atoms with E-state index in [0.29, 0.717) is 5.56 Å². The lowest BCUT2D eigenvalue weighted by molar-refractivity contribution is 0.0276. The molecule has 3 N–H and O–H groups in total. The van der Waals surface area contributed by atoms with Crippen LogP contribution in [0.15, 0.2) is 29.2 Å². The van der Waals surface area contributed by atoms with Gasteiger partial charge in [-0.05, 0) is 26.0 Å². The second-order valence-corrected chi connectivity index (χ2v) is 6.53. The number of benzene rings is 1. The Kier molecular flexibility index (Phi) is 5.72. The zero-order valence-electron chi connectivity index (χ0n) is 11.9. The van der Waals surface area contributed by atoms with Crippen molar-refractivity contribution in [3.05, 3.63) is 29.8 Å². The van der Waals surface area contributed by atoms with Gasteiger partial charge in [0, 0.05) is 19.2 Å². The molecular formula is C14H20N2O3S. The van der Waals surface area contributed by atoms with Gasteiger partial charge in [0.1, 0.15) is 0 Å². The van der Waals surface area contributed by atoms with Gasteiger partial charge in [-0.15, -0.1) is 0 Å². The molecule has 1 aromatic rings. The highest BCUT2D eigenvalue weighted by atomic mass is 32.2. The summed E-state index contributed by atoms with van der Waals surface area (Å²) in [5, 5.41) is 0. The predicted molar refractivity (Wildman–Crippen MR) is 78.7 cm³/mol. The Morgan fingerprint density at radius 2 is 2.00 bits per heavy atom. The molecule has 0 aliphatic rings. The molecule has 0 aliphatic heterocycles. The third-order valence-corrected chi connectivity index (χ3v) is 4.20. The molecule has 0 radical (unpaired) electrons. The Balaban J connectivity index is 3.04. The Labute approximate surface area is 120 Å². The summed E-state index contributed by atoms with van der Waals surface area (Å²) in [7, 11) is -2.10. The summed E-state index contributed by atoms with van der Waals surface area (Å²) in [5.41, 5.74) is 5.17. The van der Waals surface area contributed by atoms with Crippen molar-refractivity contribution in [1.82, 2.24) is 4.72 Å². The van der Waals surface area contributed by atoms with E-state index >= 15 is 0 Å². The third kappa shape index (κ3) is 4.62. The largest absolute Gasteiger partial charge is 0.377 e. The first-order valence-corrected chi connectivity index (χ1v) is 7.63. The van der Waals surface area contributed by atoms with Gasteiger partial charge < -0.3 is 10.5 Å². The molecule has 0 saturated carbocycles. The molecule has 1 rings (SSSR count). The van der Waals surface area contributed by atoms with E-state index in [1.807, 2.05) is 0 Å². The first-order valence-electron chi connectivity index (χ1n) is 6.15. The molecule has 110 valence electrons. The van der Waals surface area contributed by atoms with E-state index in [-0.39, 0.29) is 18.0 Å². The van der Waals surface area contributed by atoms with Crippen molar-refractivity contribution < 1.29 is 13.2 Å². The molecule has 0 heterocycles. The lowest BCUT2D eigenvalue weighted by Crippen LogP contribution is -2.39. The van der Waals surface area contributed by atoms with Gasteiger partial charge in [-0.2, -0.15) is 0 Å². The first-order chi connectivity index (χ1) is 9.32. The molecule has 0 fully saturated rings. The lowest BCUT2D eigenvalue weighted by Gasteiger charge is -2.23. The Morgan fingerprint density at radius 1 is 1.35 bits per heavy atom. The smallest absolute Gasteiger partial charge is 0.241 e. The fourth-order valence-corrected chi connectivity index (χ4v) is 2.73. The maximum absolute atomic E-state index is 12.3. The van der Waals surface area contributed by atoms with Crippen LogP contribution in [0, 0.1) is 11.8 Å². The van der Waals surface area contributed by atoms with Crippen LogP contribution in [-0.2, 0) is 14.8 Å². The molecule has 6 heteroatoms. The van der Waals surface area contributed by atoms with E-state index in [1.165, 1.54) is 13.2 Å². The van der Waals surface area contributed by atoms with Crippen molar-refractivity contribution in [2.45, 2.75) is 24.3 Å². The molecule has 0 atom stereocenters. The maximum atomic E-state index is 12.3. The first kappa shape index (κ1) is 16.7. The number of hydrogen-bond donors (Lipinski definition) is 2. The van der Waals surface area contributed by atoms with Gasteiger partial charge in [-0.25, -0.2) is 13.1 Å². The quantitative estimate of drug-likeness (QED) is 0.784. The minimum absolute atomic E-state index is 0.146. The number of nitrogens with one attached hydrogen (secondary N) is 1. The SMILES string of the molecule is COC(C)(C)CNS(=O)(=O)c1ccccc1C#CCN. The van der Waals surface area contributed by atoms with E-state index in [1.54, 1.807) is 32.0 Å². The van der Waals surface area contributed by atoms with Crippen molar-refractivity contribution in [1.29, 1.82) is 0 Å². The molecule has 0 aliphatic carbocycles. The second kappa shape index (κ2) is 6.86. The molecule has 20 heavy (non-hydrogen) atoms. The average Bonchev–Trinajstić information content (AvgIpc) is 2.43. The summed E-state index contributed by atoms with van der Waals surface area (Å²) in [4.78, 5) is 0.146. The topological polar surface area (TPSA) is 81.4 Å². The van der Waals surface area contributed by atoms with E-state index in [0.717, 1.165) is 0 Å². The number of hydrogen-bond acceptors (Lipinski definition) is 4. The number of methoxy groups -OCH3 is 1. The van der Waals surface area contributed by atoms with Gasteiger partial charge in [0.05, 0.1) is 17.0 Å². The molecule has 1 aromatic carbocycles. The van der Waals surface area contributed by atoms with Crippen molar-refractivity contribution in [3.8, 4) is 11.8 Å². The van der Waals surface area contributed by atoms with Crippen molar-refractivity contribution in [3.63, 3.8) is 0 Å². The molecule has 0 spiro atoms. The Morgan fingerprint density at radius 3 is 2.60 bits per heavy atom. The van der Waals surface area contributed by atoms with Crippen LogP contribution < -0.4 is 10.5 Å². The number of nitrogens with two attached hydrogens (primary N) is 1. The standard InChI is InChI=1S/C14H20N2O3S/c1-14(2,19-3)11-16-20(17,18)13-9-5-4-7-12(13)8-6-10-15/h4-5,7,9,16H,10-11,15H2,1-3H3. The van der Waals surface area contributed by atoms with Gasteiger partial charge in [0.15, 0.2) is 0 Å². The zero-order valence-corrected chi connectivity index (χ0v) is 12.8. The van der Waals surface area contributed by atoms with Crippen LogP contribution in [0.4, 0.5) is 0 Å². The minimum atomic E-state index is -3.64. The lowest BCUT2D eigenvalue weighted by atomic mass is 10.1. The summed E-state index contributed by atoms with van der Waals surface area (Å²) in [5.74, 6) is 5.43. The normalized spacial score (nSPS) is 11.8. The Bertz CT molecular complexity index is 613. The van der Waals surface area contributed by atoms with Crippen LogP contribution in [0.3, 0.4) is 0 Å². The number of ether oxygens (including phenoxy) is 1. The summed E-state index contributed by atoms with van der Waals surface area (Å²) >= 11 is 0. The van der Waals surface area contributed by atoms with Crippen LogP contribution in [0.2, 0.25) is 0 Å². The van der Waals surface area contributed by atoms with Crippen molar-refractivity contribution in [2.24, 2.45) is 5.73 Å². The van der Waals surface area contributed by atoms with Gasteiger partial charge in [0.25, 0.3) is 0 Å². The maximum Gasteiger partial charge on any atom is 0.241 e. The van der Waals surface area contributed by atoms with Crippen LogP contribution in [0.25, 0.3) is 0 Å². The summed E-state index contributed by atoms with van der Waals surface area (Å²) in [6.45, 7) is 3.95. The van der Waals surface area contributed by atoms with Crippen LogP contribution in [0.1, 0.15) is 19.4 Å². The number of sulfonamides is 1. The summed E-state index contributed by atoms with van der Waals surface area (Å²) in [6.07, 6.45) is 0. The predicted octanol–water partition coefficient (Wildman–Crippen LogP) is 0.700. The summed E-state index contributed by atoms with van der Waals surface area (Å²) in [6, 6.07) is 6.56. The molecule has 0 saturated heterocycles.